The lowest BCUT2D eigenvalue weighted by Crippen LogP contribution is -2.28. The molecule has 3 heteroatoms. The van der Waals surface area contributed by atoms with Crippen LogP contribution < -0.4 is 10.6 Å². The van der Waals surface area contributed by atoms with Gasteiger partial charge in [-0.1, -0.05) is 32.0 Å². The Labute approximate surface area is 128 Å². The predicted octanol–water partition coefficient (Wildman–Crippen LogP) is 3.75. The molecule has 0 aliphatic heterocycles. The second-order valence-electron chi connectivity index (χ2n) is 5.83. The lowest BCUT2D eigenvalue weighted by Gasteiger charge is -2.26. The Morgan fingerprint density at radius 1 is 1.14 bits per heavy atom. The van der Waals surface area contributed by atoms with E-state index in [1.165, 1.54) is 10.9 Å². The number of pyridine rings is 1. The highest BCUT2D eigenvalue weighted by Crippen LogP contribution is 2.25. The van der Waals surface area contributed by atoms with Gasteiger partial charge in [0.2, 0.25) is 0 Å². The molecule has 1 unspecified atom stereocenters. The molecule has 0 saturated heterocycles. The normalized spacial score (nSPS) is 12.6. The van der Waals surface area contributed by atoms with Crippen molar-refractivity contribution in [2.45, 2.75) is 46.1 Å². The molecule has 0 saturated carbocycles. The minimum atomic E-state index is 0.150. The van der Waals surface area contributed by atoms with Gasteiger partial charge in [0.1, 0.15) is 5.82 Å². The second-order valence-corrected chi connectivity index (χ2v) is 5.83. The van der Waals surface area contributed by atoms with Crippen LogP contribution in [0, 0.1) is 0 Å². The summed E-state index contributed by atoms with van der Waals surface area (Å²) < 4.78 is 0. The summed E-state index contributed by atoms with van der Waals surface area (Å²) in [4.78, 5) is 7.34. The zero-order valence-electron chi connectivity index (χ0n) is 13.5. The molecule has 1 aromatic carbocycles. The number of para-hydroxylation sites is 1. The van der Waals surface area contributed by atoms with Crippen molar-refractivity contribution in [3.63, 3.8) is 0 Å². The topological polar surface area (TPSA) is 42.2 Å². The largest absolute Gasteiger partial charge is 0.356 e. The van der Waals surface area contributed by atoms with Crippen LogP contribution in [0.3, 0.4) is 0 Å². The molecule has 2 aromatic rings. The van der Waals surface area contributed by atoms with Crippen molar-refractivity contribution in [2.24, 2.45) is 5.73 Å². The number of hydrogen-bond acceptors (Lipinski definition) is 3. The third-order valence-corrected chi connectivity index (χ3v) is 3.61. The van der Waals surface area contributed by atoms with Crippen molar-refractivity contribution in [1.29, 1.82) is 0 Å². The molecule has 0 fully saturated rings. The molecule has 2 N–H and O–H groups in total. The molecule has 21 heavy (non-hydrogen) atoms. The molecule has 2 rings (SSSR count). The second kappa shape index (κ2) is 7.41. The molecule has 0 radical (unpaired) electrons. The minimum Gasteiger partial charge on any atom is -0.356 e. The summed E-state index contributed by atoms with van der Waals surface area (Å²) in [6.45, 7) is 8.59. The standard InChI is InChI=1S/C18H27N3/c1-4-10-21(11-5-2)18-16(12-14(3)19)13-15-8-6-7-9-17(15)20-18/h6-9,13-14H,4-5,10-12,19H2,1-3H3. The van der Waals surface area contributed by atoms with E-state index in [0.29, 0.717) is 0 Å². The van der Waals surface area contributed by atoms with Gasteiger partial charge in [0, 0.05) is 24.5 Å². The Kier molecular flexibility index (Phi) is 5.57. The molecule has 0 aliphatic rings. The van der Waals surface area contributed by atoms with E-state index in [1.807, 2.05) is 6.07 Å². The zero-order valence-corrected chi connectivity index (χ0v) is 13.5. The monoisotopic (exact) mass is 285 g/mol. The lowest BCUT2D eigenvalue weighted by atomic mass is 10.0. The number of benzene rings is 1. The van der Waals surface area contributed by atoms with Gasteiger partial charge in [0.15, 0.2) is 0 Å². The average molecular weight is 285 g/mol. The van der Waals surface area contributed by atoms with Gasteiger partial charge in [0.25, 0.3) is 0 Å². The van der Waals surface area contributed by atoms with E-state index in [4.69, 9.17) is 10.7 Å². The number of fused-ring (bicyclic) bond motifs is 1. The van der Waals surface area contributed by atoms with Crippen LogP contribution in [0.1, 0.15) is 39.2 Å². The summed E-state index contributed by atoms with van der Waals surface area (Å²) >= 11 is 0. The van der Waals surface area contributed by atoms with Crippen LogP contribution in [0.25, 0.3) is 10.9 Å². The molecule has 0 aliphatic carbocycles. The van der Waals surface area contributed by atoms with E-state index in [9.17, 15) is 0 Å². The van der Waals surface area contributed by atoms with Gasteiger partial charge in [-0.05, 0) is 43.9 Å². The van der Waals surface area contributed by atoms with E-state index in [-0.39, 0.29) is 6.04 Å². The van der Waals surface area contributed by atoms with Gasteiger partial charge in [-0.25, -0.2) is 4.98 Å². The number of nitrogens with zero attached hydrogens (tertiary/aromatic N) is 2. The third-order valence-electron chi connectivity index (χ3n) is 3.61. The molecule has 1 aromatic heterocycles. The summed E-state index contributed by atoms with van der Waals surface area (Å²) in [6, 6.07) is 10.7. The van der Waals surface area contributed by atoms with E-state index in [2.05, 4.69) is 49.9 Å². The fourth-order valence-corrected chi connectivity index (χ4v) is 2.78. The predicted molar refractivity (Wildman–Crippen MR) is 91.9 cm³/mol. The van der Waals surface area contributed by atoms with Crippen LogP contribution >= 0.6 is 0 Å². The highest BCUT2D eigenvalue weighted by atomic mass is 15.2. The van der Waals surface area contributed by atoms with Crippen LogP contribution in [0.5, 0.6) is 0 Å². The van der Waals surface area contributed by atoms with Gasteiger partial charge in [-0.15, -0.1) is 0 Å². The molecule has 114 valence electrons. The minimum absolute atomic E-state index is 0.150. The SMILES string of the molecule is CCCN(CCC)c1nc2ccccc2cc1CC(C)N. The van der Waals surface area contributed by atoms with Crippen molar-refractivity contribution < 1.29 is 0 Å². The first-order chi connectivity index (χ1) is 10.2. The summed E-state index contributed by atoms with van der Waals surface area (Å²) in [5.74, 6) is 1.12. The molecule has 1 atom stereocenters. The van der Waals surface area contributed by atoms with Crippen LogP contribution in [0.4, 0.5) is 5.82 Å². The Balaban J connectivity index is 2.50. The number of nitrogens with two attached hydrogens (primary N) is 1. The van der Waals surface area contributed by atoms with Gasteiger partial charge < -0.3 is 10.6 Å². The first kappa shape index (κ1) is 15.8. The first-order valence-electron chi connectivity index (χ1n) is 8.04. The first-order valence-corrected chi connectivity index (χ1v) is 8.04. The van der Waals surface area contributed by atoms with Gasteiger partial charge in [0.05, 0.1) is 5.52 Å². The molecule has 3 nitrogen and oxygen atoms in total. The maximum absolute atomic E-state index is 6.04. The van der Waals surface area contributed by atoms with E-state index >= 15 is 0 Å². The smallest absolute Gasteiger partial charge is 0.132 e. The van der Waals surface area contributed by atoms with E-state index in [0.717, 1.165) is 43.7 Å². The highest BCUT2D eigenvalue weighted by Gasteiger charge is 2.14. The van der Waals surface area contributed by atoms with E-state index in [1.54, 1.807) is 0 Å². The van der Waals surface area contributed by atoms with Gasteiger partial charge in [-0.3, -0.25) is 0 Å². The molecule has 1 heterocycles. The summed E-state index contributed by atoms with van der Waals surface area (Å²) in [6.07, 6.45) is 3.13. The van der Waals surface area contributed by atoms with E-state index < -0.39 is 0 Å². The molecular formula is C18H27N3. The van der Waals surface area contributed by atoms with Crippen LogP contribution in [-0.2, 0) is 6.42 Å². The highest BCUT2D eigenvalue weighted by molar-refractivity contribution is 5.81. The Hall–Kier alpha value is -1.61. The quantitative estimate of drug-likeness (QED) is 0.842. The van der Waals surface area contributed by atoms with Crippen LogP contribution in [0.2, 0.25) is 0 Å². The molecule has 0 bridgehead atoms. The fraction of sp³-hybridized carbons (Fsp3) is 0.500. The van der Waals surface area contributed by atoms with Gasteiger partial charge >= 0.3 is 0 Å². The average Bonchev–Trinajstić information content (AvgIpc) is 2.46. The zero-order chi connectivity index (χ0) is 15.2. The Morgan fingerprint density at radius 3 is 2.43 bits per heavy atom. The molecule has 0 spiro atoms. The number of anilines is 1. The van der Waals surface area contributed by atoms with Crippen molar-refractivity contribution in [1.82, 2.24) is 4.98 Å². The number of rotatable bonds is 7. The number of aromatic nitrogens is 1. The Bertz CT molecular complexity index is 572. The molecular weight excluding hydrogens is 258 g/mol. The summed E-state index contributed by atoms with van der Waals surface area (Å²) in [7, 11) is 0. The van der Waals surface area contributed by atoms with Crippen molar-refractivity contribution >= 4 is 16.7 Å². The maximum atomic E-state index is 6.04. The lowest BCUT2D eigenvalue weighted by molar-refractivity contribution is 0.706. The maximum Gasteiger partial charge on any atom is 0.132 e. The third kappa shape index (κ3) is 3.94. The van der Waals surface area contributed by atoms with Gasteiger partial charge in [-0.2, -0.15) is 0 Å². The van der Waals surface area contributed by atoms with Crippen molar-refractivity contribution in [2.75, 3.05) is 18.0 Å². The fourth-order valence-electron chi connectivity index (χ4n) is 2.78. The Morgan fingerprint density at radius 2 is 1.81 bits per heavy atom. The summed E-state index contributed by atoms with van der Waals surface area (Å²) in [5.41, 5.74) is 8.38. The number of hydrogen-bond donors (Lipinski definition) is 1. The molecule has 0 amide bonds. The van der Waals surface area contributed by atoms with Crippen LogP contribution in [-0.4, -0.2) is 24.1 Å². The van der Waals surface area contributed by atoms with Crippen molar-refractivity contribution in [3.8, 4) is 0 Å². The van der Waals surface area contributed by atoms with Crippen molar-refractivity contribution in [3.05, 3.63) is 35.9 Å². The summed E-state index contributed by atoms with van der Waals surface area (Å²) in [5, 5.41) is 1.20. The van der Waals surface area contributed by atoms with Crippen LogP contribution in [0.15, 0.2) is 30.3 Å².